The third-order valence-electron chi connectivity index (χ3n) is 1.68. The lowest BCUT2D eigenvalue weighted by molar-refractivity contribution is -0.146. The van der Waals surface area contributed by atoms with Gasteiger partial charge >= 0.3 is 12.1 Å². The van der Waals surface area contributed by atoms with Crippen molar-refractivity contribution in [2.45, 2.75) is 52.2 Å². The zero-order valence-electron chi connectivity index (χ0n) is 11.0. The molecule has 0 bridgehead atoms. The quantitative estimate of drug-likeness (QED) is 0.775. The number of carbonyl (C=O) groups is 2. The van der Waals surface area contributed by atoms with E-state index in [1.165, 1.54) is 0 Å². The lowest BCUT2D eigenvalue weighted by Crippen LogP contribution is -2.45. The largest absolute Gasteiger partial charge is 0.464 e. The molecule has 0 fully saturated rings. The van der Waals surface area contributed by atoms with Crippen molar-refractivity contribution >= 4 is 12.1 Å². The minimum absolute atomic E-state index is 0.0502. The van der Waals surface area contributed by atoms with Crippen LogP contribution in [0.25, 0.3) is 0 Å². The standard InChI is InChI=1S/C11H19F2NO4/c1-5-17-9(15)7(6-8(12)13)14-10(16)18-11(2,3)4/h7-8H,5-6H2,1-4H3,(H,14,16). The van der Waals surface area contributed by atoms with E-state index in [0.29, 0.717) is 0 Å². The molecule has 0 aliphatic carbocycles. The van der Waals surface area contributed by atoms with Crippen LogP contribution in [0, 0.1) is 0 Å². The van der Waals surface area contributed by atoms with E-state index in [1.807, 2.05) is 0 Å². The monoisotopic (exact) mass is 267 g/mol. The second kappa shape index (κ2) is 7.13. The number of halogens is 2. The summed E-state index contributed by atoms with van der Waals surface area (Å²) in [7, 11) is 0. The highest BCUT2D eigenvalue weighted by atomic mass is 19.3. The average molecular weight is 267 g/mol. The van der Waals surface area contributed by atoms with E-state index in [9.17, 15) is 18.4 Å². The summed E-state index contributed by atoms with van der Waals surface area (Å²) >= 11 is 0. The summed E-state index contributed by atoms with van der Waals surface area (Å²) in [5.41, 5.74) is -0.770. The number of ether oxygens (including phenoxy) is 2. The van der Waals surface area contributed by atoms with Crippen LogP contribution in [0.3, 0.4) is 0 Å². The van der Waals surface area contributed by atoms with E-state index in [-0.39, 0.29) is 6.61 Å². The molecule has 0 aromatic carbocycles. The van der Waals surface area contributed by atoms with Gasteiger partial charge in [0.1, 0.15) is 11.6 Å². The van der Waals surface area contributed by atoms with E-state index in [1.54, 1.807) is 27.7 Å². The van der Waals surface area contributed by atoms with Gasteiger partial charge in [0.25, 0.3) is 0 Å². The summed E-state index contributed by atoms with van der Waals surface area (Å²) in [6.45, 7) is 6.47. The first-order valence-electron chi connectivity index (χ1n) is 5.60. The zero-order valence-corrected chi connectivity index (χ0v) is 11.0. The van der Waals surface area contributed by atoms with Crippen molar-refractivity contribution in [2.24, 2.45) is 0 Å². The Labute approximate surface area is 105 Å². The fourth-order valence-corrected chi connectivity index (χ4v) is 1.08. The summed E-state index contributed by atoms with van der Waals surface area (Å²) < 4.78 is 34.0. The van der Waals surface area contributed by atoms with E-state index < -0.39 is 36.6 Å². The Bertz CT molecular complexity index is 289. The van der Waals surface area contributed by atoms with E-state index in [4.69, 9.17) is 4.74 Å². The number of hydrogen-bond donors (Lipinski definition) is 1. The summed E-state index contributed by atoms with van der Waals surface area (Å²) in [6, 6.07) is -1.40. The Morgan fingerprint density at radius 3 is 2.22 bits per heavy atom. The second-order valence-corrected chi connectivity index (χ2v) is 4.58. The van der Waals surface area contributed by atoms with Gasteiger partial charge in [0.2, 0.25) is 6.43 Å². The number of alkyl carbamates (subject to hydrolysis) is 1. The molecule has 0 heterocycles. The summed E-state index contributed by atoms with van der Waals surface area (Å²) in [4.78, 5) is 22.7. The molecule has 0 rings (SSSR count). The topological polar surface area (TPSA) is 64.6 Å². The molecule has 7 heteroatoms. The lowest BCUT2D eigenvalue weighted by atomic mass is 10.2. The van der Waals surface area contributed by atoms with Gasteiger partial charge in [0, 0.05) is 6.42 Å². The van der Waals surface area contributed by atoms with Crippen molar-refractivity contribution in [1.29, 1.82) is 0 Å². The maximum Gasteiger partial charge on any atom is 0.408 e. The SMILES string of the molecule is CCOC(=O)C(CC(F)F)NC(=O)OC(C)(C)C. The number of alkyl halides is 2. The minimum Gasteiger partial charge on any atom is -0.464 e. The molecule has 0 saturated heterocycles. The predicted octanol–water partition coefficient (Wildman–Crippen LogP) is 2.10. The maximum absolute atomic E-state index is 12.3. The molecule has 1 unspecified atom stereocenters. The van der Waals surface area contributed by atoms with Crippen LogP contribution < -0.4 is 5.32 Å². The van der Waals surface area contributed by atoms with E-state index in [2.05, 4.69) is 10.1 Å². The highest BCUT2D eigenvalue weighted by molar-refractivity contribution is 5.81. The molecule has 0 aliphatic rings. The summed E-state index contributed by atoms with van der Waals surface area (Å²) in [6.07, 6.45) is -4.46. The average Bonchev–Trinajstić information content (AvgIpc) is 2.13. The Morgan fingerprint density at radius 1 is 1.28 bits per heavy atom. The van der Waals surface area contributed by atoms with Crippen molar-refractivity contribution in [3.63, 3.8) is 0 Å². The molecular formula is C11H19F2NO4. The van der Waals surface area contributed by atoms with Crippen LogP contribution in [0.2, 0.25) is 0 Å². The Morgan fingerprint density at radius 2 is 1.83 bits per heavy atom. The van der Waals surface area contributed by atoms with Crippen LogP contribution in [0.1, 0.15) is 34.1 Å². The molecular weight excluding hydrogens is 248 g/mol. The fourth-order valence-electron chi connectivity index (χ4n) is 1.08. The van der Waals surface area contributed by atoms with Crippen LogP contribution in [0.5, 0.6) is 0 Å². The highest BCUT2D eigenvalue weighted by Crippen LogP contribution is 2.10. The molecule has 0 aromatic rings. The van der Waals surface area contributed by atoms with Crippen LogP contribution in [-0.2, 0) is 14.3 Å². The van der Waals surface area contributed by atoms with Crippen molar-refractivity contribution in [1.82, 2.24) is 5.32 Å². The molecule has 0 radical (unpaired) electrons. The van der Waals surface area contributed by atoms with Crippen molar-refractivity contribution < 1.29 is 27.8 Å². The first-order valence-corrected chi connectivity index (χ1v) is 5.60. The molecule has 106 valence electrons. The number of amides is 1. The smallest absolute Gasteiger partial charge is 0.408 e. The summed E-state index contributed by atoms with van der Waals surface area (Å²) in [5, 5.41) is 2.07. The predicted molar refractivity (Wildman–Crippen MR) is 60.4 cm³/mol. The Balaban J connectivity index is 4.49. The van der Waals surface area contributed by atoms with Gasteiger partial charge in [-0.3, -0.25) is 0 Å². The van der Waals surface area contributed by atoms with Gasteiger partial charge in [0.05, 0.1) is 6.61 Å². The number of hydrogen-bond acceptors (Lipinski definition) is 4. The van der Waals surface area contributed by atoms with Gasteiger partial charge in [-0.05, 0) is 27.7 Å². The molecule has 5 nitrogen and oxygen atoms in total. The third-order valence-corrected chi connectivity index (χ3v) is 1.68. The Hall–Kier alpha value is -1.40. The van der Waals surface area contributed by atoms with Gasteiger partial charge in [-0.15, -0.1) is 0 Å². The first-order chi connectivity index (χ1) is 8.15. The van der Waals surface area contributed by atoms with Crippen LogP contribution in [-0.4, -0.2) is 36.7 Å². The molecule has 0 spiro atoms. The first kappa shape index (κ1) is 16.6. The van der Waals surface area contributed by atoms with Crippen molar-refractivity contribution in [3.05, 3.63) is 0 Å². The number of rotatable bonds is 5. The molecule has 0 aromatic heterocycles. The molecule has 1 N–H and O–H groups in total. The van der Waals surface area contributed by atoms with Gasteiger partial charge in [0.15, 0.2) is 0 Å². The van der Waals surface area contributed by atoms with Crippen molar-refractivity contribution in [3.8, 4) is 0 Å². The zero-order chi connectivity index (χ0) is 14.3. The lowest BCUT2D eigenvalue weighted by Gasteiger charge is -2.22. The molecule has 0 saturated carbocycles. The Kier molecular flexibility index (Phi) is 6.57. The number of nitrogens with one attached hydrogen (secondary N) is 1. The minimum atomic E-state index is -2.73. The van der Waals surface area contributed by atoms with E-state index >= 15 is 0 Å². The number of esters is 1. The fraction of sp³-hybridized carbons (Fsp3) is 0.818. The maximum atomic E-state index is 12.3. The van der Waals surface area contributed by atoms with Gasteiger partial charge < -0.3 is 14.8 Å². The molecule has 1 atom stereocenters. The normalized spacial score (nSPS) is 13.1. The molecule has 18 heavy (non-hydrogen) atoms. The van der Waals surface area contributed by atoms with Gasteiger partial charge in [-0.1, -0.05) is 0 Å². The van der Waals surface area contributed by atoms with Crippen LogP contribution >= 0.6 is 0 Å². The molecule has 1 amide bonds. The second-order valence-electron chi connectivity index (χ2n) is 4.58. The highest BCUT2D eigenvalue weighted by Gasteiger charge is 2.28. The number of carbonyl (C=O) groups excluding carboxylic acids is 2. The summed E-state index contributed by atoms with van der Waals surface area (Å²) in [5.74, 6) is -0.899. The van der Waals surface area contributed by atoms with Crippen LogP contribution in [0.15, 0.2) is 0 Å². The van der Waals surface area contributed by atoms with Crippen molar-refractivity contribution in [2.75, 3.05) is 6.61 Å². The molecule has 0 aliphatic heterocycles. The van der Waals surface area contributed by atoms with Gasteiger partial charge in [-0.25, -0.2) is 18.4 Å². The third kappa shape index (κ3) is 7.81. The van der Waals surface area contributed by atoms with Crippen LogP contribution in [0.4, 0.5) is 13.6 Å². The van der Waals surface area contributed by atoms with E-state index in [0.717, 1.165) is 0 Å². The van der Waals surface area contributed by atoms with Gasteiger partial charge in [-0.2, -0.15) is 0 Å².